The van der Waals surface area contributed by atoms with Gasteiger partial charge < -0.3 is 34.3 Å². The van der Waals surface area contributed by atoms with E-state index in [4.69, 9.17) is 32.7 Å². The van der Waals surface area contributed by atoms with Gasteiger partial charge in [0.2, 0.25) is 0 Å². The number of benzene rings is 4. The van der Waals surface area contributed by atoms with Crippen LogP contribution < -0.4 is 23.6 Å². The molecule has 15 heteroatoms. The van der Waals surface area contributed by atoms with Crippen LogP contribution in [0.2, 0.25) is 10.0 Å². The zero-order valence-corrected chi connectivity index (χ0v) is 48.1. The van der Waals surface area contributed by atoms with Crippen LogP contribution in [0.1, 0.15) is 159 Å². The number of ether oxygens (including phenoxy) is 2. The standard InChI is InChI=1S/C34H44ClNO5.C26H30ClNO4.Li.H2O/c1-10-40-31(39)34(8,9)18-27-30(28(37)19-32(2,3)4)25-17-24(41-29(38)20-33(5,6)7)15-16-26(25)36(27)21-22-11-13-23(35)14-12-22;1-25(2,3)14-22(30)23-19-12-18(29)10-11-20(19)28(15-16-6-8-17(27)9-7-16)21(23)13-26(4,5)24(31)32;;/h11-17H,10,18-21H2,1-9H3;6-12,29H,13-15H2,1-5H3,(H,31,32);;1H2/q;;+1;/p-1. The van der Waals surface area contributed by atoms with Gasteiger partial charge >= 0.3 is 36.8 Å². The van der Waals surface area contributed by atoms with Gasteiger partial charge in [-0.05, 0) is 123 Å². The summed E-state index contributed by atoms with van der Waals surface area (Å²) in [5.41, 5.74) is 3.36. The monoisotopic (exact) mass is 1060 g/mol. The van der Waals surface area contributed by atoms with Gasteiger partial charge in [-0.25, -0.2) is 0 Å². The minimum Gasteiger partial charge on any atom is -0.870 e. The number of carbonyl (C=O) groups excluding carboxylic acids is 4. The first-order valence-electron chi connectivity index (χ1n) is 24.8. The largest absolute Gasteiger partial charge is 1.00 e. The molecule has 0 unspecified atom stereocenters. The minimum atomic E-state index is -1.08. The Kier molecular flexibility index (Phi) is 21.5. The molecular formula is C60H75Cl2LiN2O10. The molecule has 400 valence electrons. The number of phenols is 1. The number of carboxylic acid groups (broad SMARTS) is 1. The Morgan fingerprint density at radius 3 is 1.36 bits per heavy atom. The summed E-state index contributed by atoms with van der Waals surface area (Å²) >= 11 is 12.2. The van der Waals surface area contributed by atoms with Gasteiger partial charge in [-0.1, -0.05) is 110 Å². The minimum absolute atomic E-state index is 0. The molecule has 4 aromatic carbocycles. The molecule has 0 spiro atoms. The van der Waals surface area contributed by atoms with Crippen molar-refractivity contribution < 1.29 is 68.0 Å². The molecule has 0 aliphatic heterocycles. The molecule has 3 N–H and O–H groups in total. The van der Waals surface area contributed by atoms with Crippen LogP contribution in [-0.4, -0.2) is 60.9 Å². The summed E-state index contributed by atoms with van der Waals surface area (Å²) in [5, 5.41) is 22.6. The van der Waals surface area contributed by atoms with Gasteiger partial charge in [-0.3, -0.25) is 24.0 Å². The van der Waals surface area contributed by atoms with Crippen molar-refractivity contribution in [2.75, 3.05) is 6.61 Å². The van der Waals surface area contributed by atoms with E-state index >= 15 is 0 Å². The molecule has 0 atom stereocenters. The average Bonchev–Trinajstić information content (AvgIpc) is 3.69. The molecular weight excluding hydrogens is 987 g/mol. The van der Waals surface area contributed by atoms with Gasteiger partial charge in [-0.2, -0.15) is 0 Å². The summed E-state index contributed by atoms with van der Waals surface area (Å²) in [7, 11) is 0. The predicted molar refractivity (Wildman–Crippen MR) is 294 cm³/mol. The van der Waals surface area contributed by atoms with Crippen molar-refractivity contribution in [3.8, 4) is 11.5 Å². The van der Waals surface area contributed by atoms with Crippen LogP contribution in [0.3, 0.4) is 0 Å². The predicted octanol–water partition coefficient (Wildman–Crippen LogP) is 11.6. The Hall–Kier alpha value is -5.35. The van der Waals surface area contributed by atoms with Gasteiger partial charge in [0.05, 0.1) is 23.9 Å². The fourth-order valence-corrected chi connectivity index (χ4v) is 9.05. The van der Waals surface area contributed by atoms with E-state index in [0.717, 1.165) is 27.9 Å². The van der Waals surface area contributed by atoms with E-state index in [1.165, 1.54) is 0 Å². The van der Waals surface area contributed by atoms with Gasteiger partial charge in [0.15, 0.2) is 11.6 Å². The average molecular weight is 1060 g/mol. The summed E-state index contributed by atoms with van der Waals surface area (Å²) in [4.78, 5) is 65.2. The first kappa shape index (κ1) is 63.9. The maximum Gasteiger partial charge on any atom is 1.00 e. The van der Waals surface area contributed by atoms with Crippen molar-refractivity contribution >= 4 is 74.5 Å². The van der Waals surface area contributed by atoms with Crippen molar-refractivity contribution in [2.45, 2.75) is 142 Å². The van der Waals surface area contributed by atoms with Crippen LogP contribution in [-0.2, 0) is 45.1 Å². The Labute approximate surface area is 464 Å². The number of carboxylic acids is 1. The van der Waals surface area contributed by atoms with Crippen LogP contribution in [0, 0.1) is 27.1 Å². The third-order valence-corrected chi connectivity index (χ3v) is 12.8. The molecule has 0 amide bonds. The van der Waals surface area contributed by atoms with E-state index in [-0.39, 0.29) is 89.3 Å². The number of hydrogen-bond acceptors (Lipinski definition) is 9. The van der Waals surface area contributed by atoms with Crippen LogP contribution in [0.15, 0.2) is 84.9 Å². The number of phenolic OH excluding ortho intramolecular Hbond substituents is 1. The fraction of sp³-hybridized carbons (Fsp3) is 0.450. The SMILES string of the molecule is CC(C)(C)CC(=O)c1c(CC(C)(C)C(=O)O)n(Cc2ccc(Cl)cc2)c2ccc(O)cc12.CCOC(=O)C(C)(C)Cc1c(C(=O)CC(C)(C)C)c2cc(OC(=O)CC(C)(C)C)ccc2n1Cc1ccc(Cl)cc1.[Li+].[OH-]. The third kappa shape index (κ3) is 17.3. The van der Waals surface area contributed by atoms with Crippen molar-refractivity contribution in [1.29, 1.82) is 0 Å². The van der Waals surface area contributed by atoms with Crippen LogP contribution >= 0.6 is 23.2 Å². The summed E-state index contributed by atoms with van der Waals surface area (Å²) in [6, 6.07) is 25.4. The maximum atomic E-state index is 14.1. The smallest absolute Gasteiger partial charge is 0.870 e. The van der Waals surface area contributed by atoms with Gasteiger partial charge in [0.1, 0.15) is 11.5 Å². The van der Waals surface area contributed by atoms with Gasteiger partial charge in [0, 0.05) is 93.1 Å². The van der Waals surface area contributed by atoms with E-state index in [1.54, 1.807) is 63.2 Å². The van der Waals surface area contributed by atoms with Crippen LogP contribution in [0.5, 0.6) is 11.5 Å². The van der Waals surface area contributed by atoms with E-state index in [9.17, 15) is 34.2 Å². The van der Waals surface area contributed by atoms with E-state index in [0.29, 0.717) is 75.7 Å². The molecule has 0 aliphatic carbocycles. The number of hydrogen-bond donors (Lipinski definition) is 2. The van der Waals surface area contributed by atoms with Crippen molar-refractivity contribution in [2.24, 2.45) is 27.1 Å². The molecule has 0 radical (unpaired) electrons. The first-order valence-corrected chi connectivity index (χ1v) is 25.6. The molecule has 6 aromatic rings. The maximum absolute atomic E-state index is 14.1. The van der Waals surface area contributed by atoms with Crippen LogP contribution in [0.4, 0.5) is 0 Å². The fourth-order valence-electron chi connectivity index (χ4n) is 8.79. The number of rotatable bonds is 17. The second kappa shape index (κ2) is 25.2. The third-order valence-electron chi connectivity index (χ3n) is 12.3. The number of aliphatic carboxylic acids is 1. The topological polar surface area (TPSA) is 184 Å². The molecule has 6 rings (SSSR count). The molecule has 0 aliphatic rings. The van der Waals surface area contributed by atoms with E-state index < -0.39 is 16.8 Å². The zero-order chi connectivity index (χ0) is 54.6. The normalized spacial score (nSPS) is 12.1. The molecule has 0 fully saturated rings. The van der Waals surface area contributed by atoms with Crippen molar-refractivity contribution in [3.05, 3.63) is 129 Å². The molecule has 0 saturated heterocycles. The number of esters is 2. The summed E-state index contributed by atoms with van der Waals surface area (Å²) in [5.74, 6) is -1.22. The quantitative estimate of drug-likeness (QED) is 0.0386. The van der Waals surface area contributed by atoms with Gasteiger partial charge in [0.25, 0.3) is 0 Å². The number of fused-ring (bicyclic) bond motifs is 2. The zero-order valence-electron chi connectivity index (χ0n) is 46.6. The molecule has 2 heterocycles. The Morgan fingerprint density at radius 2 is 0.960 bits per heavy atom. The number of aromatic nitrogens is 2. The Morgan fingerprint density at radius 1 is 0.560 bits per heavy atom. The molecule has 0 bridgehead atoms. The van der Waals surface area contributed by atoms with Crippen molar-refractivity contribution in [3.63, 3.8) is 0 Å². The van der Waals surface area contributed by atoms with E-state index in [2.05, 4.69) is 4.57 Å². The first-order chi connectivity index (χ1) is 33.7. The Balaban J connectivity index is 0.000000396. The summed E-state index contributed by atoms with van der Waals surface area (Å²) < 4.78 is 15.2. The number of aromatic hydroxyl groups is 1. The van der Waals surface area contributed by atoms with E-state index in [1.807, 2.05) is 123 Å². The van der Waals surface area contributed by atoms with Crippen LogP contribution in [0.25, 0.3) is 21.8 Å². The van der Waals surface area contributed by atoms with Gasteiger partial charge in [-0.15, -0.1) is 0 Å². The Bertz CT molecular complexity index is 3000. The number of Topliss-reactive ketones (excluding diaryl/α,β-unsaturated/α-hetero) is 2. The molecule has 2 aromatic heterocycles. The second-order valence-corrected chi connectivity index (χ2v) is 25.0. The molecule has 75 heavy (non-hydrogen) atoms. The molecule has 0 saturated carbocycles. The molecule has 12 nitrogen and oxygen atoms in total. The summed E-state index contributed by atoms with van der Waals surface area (Å²) in [6.45, 7) is 28.0. The second-order valence-electron chi connectivity index (χ2n) is 24.1. The summed E-state index contributed by atoms with van der Waals surface area (Å²) in [6.07, 6.45) is 1.35. The number of ketones is 2. The number of carbonyl (C=O) groups is 5. The number of nitrogens with zero attached hydrogens (tertiary/aromatic N) is 2. The van der Waals surface area contributed by atoms with Crippen molar-refractivity contribution in [1.82, 2.24) is 9.13 Å². The number of halogens is 2.